The molecule has 2 saturated heterocycles. The lowest BCUT2D eigenvalue weighted by Gasteiger charge is -2.32. The number of nitrogens with zero attached hydrogens (tertiary/aromatic N) is 5. The van der Waals surface area contributed by atoms with Crippen LogP contribution in [0.1, 0.15) is 68.9 Å². The average Bonchev–Trinajstić information content (AvgIpc) is 3.10. The second-order valence-electron chi connectivity index (χ2n) is 10.4. The Morgan fingerprint density at radius 2 is 1.62 bits per heavy atom. The molecule has 0 spiro atoms. The van der Waals surface area contributed by atoms with Crippen molar-refractivity contribution in [2.24, 2.45) is 11.7 Å². The molecule has 11 nitrogen and oxygen atoms in total. The van der Waals surface area contributed by atoms with Gasteiger partial charge in [-0.3, -0.25) is 9.59 Å². The average molecular weight is 616 g/mol. The van der Waals surface area contributed by atoms with E-state index >= 15 is 0 Å². The van der Waals surface area contributed by atoms with Crippen LogP contribution in [0.2, 0.25) is 0 Å². The molecule has 5 rings (SSSR count). The molecule has 0 bridgehead atoms. The zero-order valence-corrected chi connectivity index (χ0v) is 26.8. The molecule has 0 aliphatic carbocycles. The summed E-state index contributed by atoms with van der Waals surface area (Å²) in [5, 5.41) is 12.7. The normalized spacial score (nSPS) is 14.5. The summed E-state index contributed by atoms with van der Waals surface area (Å²) in [5.41, 5.74) is 7.78. The molecule has 0 radical (unpaired) electrons. The molecule has 240 valence electrons. The van der Waals surface area contributed by atoms with Gasteiger partial charge in [0.15, 0.2) is 11.5 Å². The van der Waals surface area contributed by atoms with E-state index in [1.807, 2.05) is 32.9 Å². The molecule has 2 aliphatic heterocycles. The van der Waals surface area contributed by atoms with Gasteiger partial charge in [0, 0.05) is 43.1 Å². The monoisotopic (exact) mass is 615 g/mol. The summed E-state index contributed by atoms with van der Waals surface area (Å²) in [7, 11) is 1.57. The first-order valence-electron chi connectivity index (χ1n) is 15.7. The van der Waals surface area contributed by atoms with Gasteiger partial charge in [0.25, 0.3) is 0 Å². The van der Waals surface area contributed by atoms with Crippen LogP contribution in [0.25, 0.3) is 0 Å². The molecule has 3 N–H and O–H groups in total. The molecule has 45 heavy (non-hydrogen) atoms. The number of ether oxygens (including phenoxy) is 2. The molecular weight excluding hydrogens is 570 g/mol. The number of aromatic nitrogens is 2. The van der Waals surface area contributed by atoms with Gasteiger partial charge >= 0.3 is 5.97 Å². The Morgan fingerprint density at radius 1 is 0.978 bits per heavy atom. The van der Waals surface area contributed by atoms with Crippen LogP contribution in [0.4, 0.5) is 23.0 Å². The highest BCUT2D eigenvalue weighted by atomic mass is 16.5. The van der Waals surface area contributed by atoms with Crippen molar-refractivity contribution < 1.29 is 19.1 Å². The number of methoxy groups -OCH3 is 1. The zero-order chi connectivity index (χ0) is 32.6. The van der Waals surface area contributed by atoms with Crippen molar-refractivity contribution in [2.75, 3.05) is 55.0 Å². The number of piperidine rings is 2. The lowest BCUT2D eigenvalue weighted by atomic mass is 9.96. The van der Waals surface area contributed by atoms with E-state index in [0.717, 1.165) is 74.8 Å². The van der Waals surface area contributed by atoms with Gasteiger partial charge in [-0.1, -0.05) is 13.8 Å². The molecular formula is C34H45N7O4. The SMILES string of the molecule is CC.CCOC(=O)C1CCN(c2ccc(Nc3nc(N4CCCCC4)cnc3C#N)cc2)CC1.COc1ccc(C(N)=O)cc1. The number of carbonyl (C=O) groups is 2. The molecule has 2 aliphatic rings. The van der Waals surface area contributed by atoms with Crippen molar-refractivity contribution in [1.82, 2.24) is 9.97 Å². The second-order valence-corrected chi connectivity index (χ2v) is 10.4. The highest BCUT2D eigenvalue weighted by Crippen LogP contribution is 2.27. The number of hydrogen-bond donors (Lipinski definition) is 2. The number of benzene rings is 2. The van der Waals surface area contributed by atoms with Gasteiger partial charge in [0.1, 0.15) is 17.6 Å². The van der Waals surface area contributed by atoms with Crippen molar-refractivity contribution in [2.45, 2.75) is 52.9 Å². The lowest BCUT2D eigenvalue weighted by Crippen LogP contribution is -2.36. The van der Waals surface area contributed by atoms with Gasteiger partial charge in [0.05, 0.1) is 25.8 Å². The van der Waals surface area contributed by atoms with Crippen molar-refractivity contribution in [3.8, 4) is 11.8 Å². The van der Waals surface area contributed by atoms with Crippen molar-refractivity contribution in [3.05, 3.63) is 66.0 Å². The molecule has 0 saturated carbocycles. The summed E-state index contributed by atoms with van der Waals surface area (Å²) in [6.45, 7) is 9.89. The first kappa shape index (κ1) is 34.6. The molecule has 3 aromatic rings. The minimum Gasteiger partial charge on any atom is -0.497 e. The van der Waals surface area contributed by atoms with E-state index in [9.17, 15) is 14.9 Å². The van der Waals surface area contributed by atoms with Crippen molar-refractivity contribution in [1.29, 1.82) is 5.26 Å². The lowest BCUT2D eigenvalue weighted by molar-refractivity contribution is -0.148. The molecule has 3 heterocycles. The summed E-state index contributed by atoms with van der Waals surface area (Å²) in [4.78, 5) is 36.1. The quantitative estimate of drug-likeness (QED) is 0.303. The Balaban J connectivity index is 0.000000357. The Kier molecular flexibility index (Phi) is 13.9. The summed E-state index contributed by atoms with van der Waals surface area (Å²) >= 11 is 0. The van der Waals surface area contributed by atoms with E-state index < -0.39 is 5.91 Å². The van der Waals surface area contributed by atoms with Gasteiger partial charge in [-0.2, -0.15) is 5.26 Å². The highest BCUT2D eigenvalue weighted by molar-refractivity contribution is 5.92. The minimum atomic E-state index is -0.423. The van der Waals surface area contributed by atoms with Crippen molar-refractivity contribution >= 4 is 34.9 Å². The summed E-state index contributed by atoms with van der Waals surface area (Å²) in [5.74, 6) is 1.52. The molecule has 1 aromatic heterocycles. The number of primary amides is 1. The Morgan fingerprint density at radius 3 is 2.18 bits per heavy atom. The number of rotatable bonds is 8. The third kappa shape index (κ3) is 10.1. The van der Waals surface area contributed by atoms with Crippen LogP contribution < -0.4 is 25.6 Å². The van der Waals surface area contributed by atoms with E-state index in [4.69, 9.17) is 20.2 Å². The fourth-order valence-corrected chi connectivity index (χ4v) is 5.11. The number of amides is 1. The Labute approximate surface area is 266 Å². The summed E-state index contributed by atoms with van der Waals surface area (Å²) < 4.78 is 10.1. The maximum Gasteiger partial charge on any atom is 0.309 e. The van der Waals surface area contributed by atoms with Crippen LogP contribution in [0.3, 0.4) is 0 Å². The van der Waals surface area contributed by atoms with E-state index in [0.29, 0.717) is 18.0 Å². The minimum absolute atomic E-state index is 0.00213. The zero-order valence-electron chi connectivity index (χ0n) is 26.8. The van der Waals surface area contributed by atoms with Crippen LogP contribution >= 0.6 is 0 Å². The molecule has 0 unspecified atom stereocenters. The number of hydrogen-bond acceptors (Lipinski definition) is 10. The summed E-state index contributed by atoms with van der Waals surface area (Å²) in [6, 6.07) is 16.9. The largest absolute Gasteiger partial charge is 0.497 e. The van der Waals surface area contributed by atoms with E-state index in [-0.39, 0.29) is 17.6 Å². The van der Waals surface area contributed by atoms with Crippen LogP contribution in [-0.2, 0) is 9.53 Å². The van der Waals surface area contributed by atoms with Crippen LogP contribution in [0.15, 0.2) is 54.7 Å². The third-order valence-corrected chi connectivity index (χ3v) is 7.53. The number of anilines is 4. The number of carbonyl (C=O) groups excluding carboxylic acids is 2. The highest BCUT2D eigenvalue weighted by Gasteiger charge is 2.26. The molecule has 2 fully saturated rings. The molecule has 0 atom stereocenters. The van der Waals surface area contributed by atoms with E-state index in [2.05, 4.69) is 38.3 Å². The smallest absolute Gasteiger partial charge is 0.309 e. The molecule has 1 amide bonds. The van der Waals surface area contributed by atoms with Gasteiger partial charge in [-0.15, -0.1) is 0 Å². The number of esters is 1. The van der Waals surface area contributed by atoms with Gasteiger partial charge in [-0.05, 0) is 87.6 Å². The van der Waals surface area contributed by atoms with Crippen LogP contribution in [0.5, 0.6) is 5.75 Å². The second kappa shape index (κ2) is 18.1. The van der Waals surface area contributed by atoms with Gasteiger partial charge in [0.2, 0.25) is 5.91 Å². The molecule has 11 heteroatoms. The number of nitrogens with one attached hydrogen (secondary N) is 1. The predicted octanol–water partition coefficient (Wildman–Crippen LogP) is 5.68. The van der Waals surface area contributed by atoms with E-state index in [1.54, 1.807) is 37.6 Å². The maximum atomic E-state index is 12.0. The van der Waals surface area contributed by atoms with Crippen molar-refractivity contribution in [3.63, 3.8) is 0 Å². The van der Waals surface area contributed by atoms with Gasteiger partial charge in [-0.25, -0.2) is 9.97 Å². The maximum absolute atomic E-state index is 12.0. The third-order valence-electron chi connectivity index (χ3n) is 7.53. The first-order chi connectivity index (χ1) is 21.9. The topological polar surface area (TPSA) is 147 Å². The van der Waals surface area contributed by atoms with Crippen LogP contribution in [0, 0.1) is 17.2 Å². The van der Waals surface area contributed by atoms with E-state index in [1.165, 1.54) is 6.42 Å². The number of nitrogens with two attached hydrogens (primary N) is 1. The fourth-order valence-electron chi connectivity index (χ4n) is 5.11. The number of nitriles is 1. The fraction of sp³-hybridized carbons (Fsp3) is 0.441. The first-order valence-corrected chi connectivity index (χ1v) is 15.7. The standard InChI is InChI=1S/C24H30N6O2.C8H9NO2.C2H6/c1-2-32-24(31)18-10-14-29(15-11-18)20-8-6-19(7-9-20)27-23-21(16-25)26-17-22(28-23)30-12-4-3-5-13-30;1-11-7-4-2-6(3-5-7)8(9)10;1-2/h6-9,17-18H,2-5,10-15H2,1H3,(H,27,28);2-5H,1H3,(H2,9,10);1-2H3. The predicted molar refractivity (Wildman–Crippen MR) is 177 cm³/mol. The van der Waals surface area contributed by atoms with Crippen LogP contribution in [-0.4, -0.2) is 61.7 Å². The Hall–Kier alpha value is -4.85. The summed E-state index contributed by atoms with van der Waals surface area (Å²) in [6.07, 6.45) is 6.87. The Bertz CT molecular complexity index is 1390. The van der Waals surface area contributed by atoms with Gasteiger partial charge < -0.3 is 30.3 Å². The molecule has 2 aromatic carbocycles.